The molecule has 4 rings (SSSR count). The Balaban J connectivity index is 1.45. The number of H-pyrrole nitrogens is 1. The number of rotatable bonds is 3. The lowest BCUT2D eigenvalue weighted by atomic mass is 9.91. The van der Waals surface area contributed by atoms with E-state index in [9.17, 15) is 4.79 Å². The molecule has 2 fully saturated rings. The van der Waals surface area contributed by atoms with E-state index in [0.717, 1.165) is 49.1 Å². The summed E-state index contributed by atoms with van der Waals surface area (Å²) in [6.07, 6.45) is 7.63. The number of carbonyl (C=O) groups excluding carboxylic acids is 1. The first kappa shape index (κ1) is 14.9. The van der Waals surface area contributed by atoms with Gasteiger partial charge in [0.05, 0.1) is 5.41 Å². The van der Waals surface area contributed by atoms with Gasteiger partial charge in [0.2, 0.25) is 5.91 Å². The van der Waals surface area contributed by atoms with Crippen LogP contribution in [0.2, 0.25) is 0 Å². The van der Waals surface area contributed by atoms with Gasteiger partial charge in [-0.1, -0.05) is 28.1 Å². The van der Waals surface area contributed by atoms with E-state index < -0.39 is 0 Å². The molecule has 4 nitrogen and oxygen atoms in total. The summed E-state index contributed by atoms with van der Waals surface area (Å²) in [5.74, 6) is 1.83. The third kappa shape index (κ3) is 2.71. The van der Waals surface area contributed by atoms with Gasteiger partial charge in [0.25, 0.3) is 0 Å². The third-order valence-corrected chi connectivity index (χ3v) is 5.77. The van der Waals surface area contributed by atoms with Gasteiger partial charge in [-0.2, -0.15) is 0 Å². The fraction of sp³-hybridized carbons (Fsp3) is 0.444. The van der Waals surface area contributed by atoms with Gasteiger partial charge >= 0.3 is 0 Å². The van der Waals surface area contributed by atoms with E-state index in [4.69, 9.17) is 0 Å². The number of amides is 1. The van der Waals surface area contributed by atoms with Crippen molar-refractivity contribution < 1.29 is 4.79 Å². The number of carbonyl (C=O) groups is 1. The lowest BCUT2D eigenvalue weighted by Gasteiger charge is -2.34. The highest BCUT2D eigenvalue weighted by molar-refractivity contribution is 9.10. The summed E-state index contributed by atoms with van der Waals surface area (Å²) in [7, 11) is 0. The van der Waals surface area contributed by atoms with Crippen LogP contribution in [0.4, 0.5) is 0 Å². The van der Waals surface area contributed by atoms with Crippen LogP contribution in [0.3, 0.4) is 0 Å². The van der Waals surface area contributed by atoms with Crippen LogP contribution >= 0.6 is 15.9 Å². The van der Waals surface area contributed by atoms with Gasteiger partial charge in [-0.15, -0.1) is 0 Å². The Morgan fingerprint density at radius 1 is 1.22 bits per heavy atom. The van der Waals surface area contributed by atoms with Gasteiger partial charge in [0.1, 0.15) is 5.82 Å². The highest BCUT2D eigenvalue weighted by Crippen LogP contribution is 2.50. The molecular formula is C18H20BrN3O. The molecule has 0 atom stereocenters. The first-order chi connectivity index (χ1) is 11.2. The quantitative estimate of drug-likeness (QED) is 0.892. The number of halogens is 1. The highest BCUT2D eigenvalue weighted by atomic mass is 79.9. The summed E-state index contributed by atoms with van der Waals surface area (Å²) in [6, 6.07) is 8.24. The van der Waals surface area contributed by atoms with Crippen LogP contribution in [0.1, 0.15) is 43.0 Å². The Hall–Kier alpha value is -1.62. The summed E-state index contributed by atoms with van der Waals surface area (Å²) in [5, 5.41) is 0. The number of likely N-dealkylation sites (tertiary alicyclic amines) is 1. The first-order valence-corrected chi connectivity index (χ1v) is 9.03. The van der Waals surface area contributed by atoms with E-state index in [1.807, 2.05) is 18.3 Å². The lowest BCUT2D eigenvalue weighted by molar-refractivity contribution is -0.135. The second kappa shape index (κ2) is 5.78. The topological polar surface area (TPSA) is 49.0 Å². The molecule has 23 heavy (non-hydrogen) atoms. The van der Waals surface area contributed by atoms with Crippen molar-refractivity contribution in [1.82, 2.24) is 14.9 Å². The molecule has 1 aliphatic carbocycles. The number of aromatic nitrogens is 2. The molecule has 0 unspecified atom stereocenters. The minimum Gasteiger partial charge on any atom is -0.348 e. The van der Waals surface area contributed by atoms with E-state index in [-0.39, 0.29) is 5.41 Å². The predicted octanol–water partition coefficient (Wildman–Crippen LogP) is 3.61. The maximum absolute atomic E-state index is 13.1. The summed E-state index contributed by atoms with van der Waals surface area (Å²) in [4.78, 5) is 22.7. The molecule has 0 radical (unpaired) electrons. The minimum atomic E-state index is -0.252. The van der Waals surface area contributed by atoms with Crippen LogP contribution in [0.15, 0.2) is 41.1 Å². The van der Waals surface area contributed by atoms with E-state index >= 15 is 0 Å². The predicted molar refractivity (Wildman–Crippen MR) is 92.2 cm³/mol. The number of hydrogen-bond donors (Lipinski definition) is 1. The number of imidazole rings is 1. The van der Waals surface area contributed by atoms with Crippen molar-refractivity contribution in [2.24, 2.45) is 0 Å². The zero-order valence-corrected chi connectivity index (χ0v) is 14.6. The number of aromatic amines is 1. The van der Waals surface area contributed by atoms with Gasteiger partial charge in [-0.25, -0.2) is 4.98 Å². The van der Waals surface area contributed by atoms with Crippen molar-refractivity contribution in [2.45, 2.75) is 37.0 Å². The second-order valence-electron chi connectivity index (χ2n) is 6.63. The minimum absolute atomic E-state index is 0.252. The van der Waals surface area contributed by atoms with Gasteiger partial charge in [0.15, 0.2) is 0 Å². The van der Waals surface area contributed by atoms with Crippen LogP contribution in [-0.2, 0) is 10.2 Å². The van der Waals surface area contributed by atoms with Crippen molar-refractivity contribution in [2.75, 3.05) is 13.1 Å². The standard InChI is InChI=1S/C18H20BrN3O/c19-15-3-1-14(2-4-15)18(7-8-18)17(23)22-11-5-13(6-12-22)16-20-9-10-21-16/h1-4,9-10,13H,5-8,11-12H2,(H,20,21). The molecule has 2 aromatic rings. The number of nitrogens with zero attached hydrogens (tertiary/aromatic N) is 2. The van der Waals surface area contributed by atoms with Crippen LogP contribution in [-0.4, -0.2) is 33.9 Å². The molecule has 1 amide bonds. The molecule has 1 N–H and O–H groups in total. The van der Waals surface area contributed by atoms with Crippen LogP contribution in [0.5, 0.6) is 0 Å². The smallest absolute Gasteiger partial charge is 0.233 e. The van der Waals surface area contributed by atoms with Crippen LogP contribution in [0.25, 0.3) is 0 Å². The highest BCUT2D eigenvalue weighted by Gasteiger charge is 2.53. The summed E-state index contributed by atoms with van der Waals surface area (Å²) in [6.45, 7) is 1.67. The zero-order chi connectivity index (χ0) is 15.9. The van der Waals surface area contributed by atoms with Crippen LogP contribution in [0, 0.1) is 0 Å². The Bertz CT molecular complexity index is 684. The van der Waals surface area contributed by atoms with Crippen molar-refractivity contribution in [3.05, 3.63) is 52.5 Å². The van der Waals surface area contributed by atoms with Crippen molar-refractivity contribution in [1.29, 1.82) is 0 Å². The normalized spacial score (nSPS) is 20.5. The largest absolute Gasteiger partial charge is 0.348 e. The molecule has 0 spiro atoms. The molecule has 2 aliphatic rings. The van der Waals surface area contributed by atoms with E-state index in [0.29, 0.717) is 11.8 Å². The molecule has 5 heteroatoms. The van der Waals surface area contributed by atoms with Gasteiger partial charge in [-0.3, -0.25) is 4.79 Å². The molecule has 1 aromatic carbocycles. The molecular weight excluding hydrogens is 354 g/mol. The number of hydrogen-bond acceptors (Lipinski definition) is 2. The van der Waals surface area contributed by atoms with Crippen LogP contribution < -0.4 is 0 Å². The molecule has 1 saturated heterocycles. The van der Waals surface area contributed by atoms with Crippen molar-refractivity contribution in [3.63, 3.8) is 0 Å². The molecule has 120 valence electrons. The fourth-order valence-corrected chi connectivity index (χ4v) is 3.94. The number of nitrogens with one attached hydrogen (secondary N) is 1. The third-order valence-electron chi connectivity index (χ3n) is 5.24. The second-order valence-corrected chi connectivity index (χ2v) is 7.55. The molecule has 1 aromatic heterocycles. The SMILES string of the molecule is O=C(N1CCC(c2ncc[nH]2)CC1)C1(c2ccc(Br)cc2)CC1. The van der Waals surface area contributed by atoms with Crippen molar-refractivity contribution in [3.8, 4) is 0 Å². The van der Waals surface area contributed by atoms with Gasteiger partial charge in [-0.05, 0) is 43.4 Å². The molecule has 1 saturated carbocycles. The lowest BCUT2D eigenvalue weighted by Crippen LogP contribution is -2.43. The summed E-state index contributed by atoms with van der Waals surface area (Å²) >= 11 is 3.47. The number of piperidine rings is 1. The molecule has 0 bridgehead atoms. The Morgan fingerprint density at radius 3 is 2.48 bits per heavy atom. The number of benzene rings is 1. The van der Waals surface area contributed by atoms with E-state index in [1.54, 1.807) is 6.20 Å². The van der Waals surface area contributed by atoms with Gasteiger partial charge in [0, 0.05) is 35.9 Å². The summed E-state index contributed by atoms with van der Waals surface area (Å²) < 4.78 is 1.06. The monoisotopic (exact) mass is 373 g/mol. The maximum Gasteiger partial charge on any atom is 0.233 e. The average molecular weight is 374 g/mol. The summed E-state index contributed by atoms with van der Waals surface area (Å²) in [5.41, 5.74) is 0.914. The van der Waals surface area contributed by atoms with E-state index in [1.165, 1.54) is 5.56 Å². The molecule has 1 aliphatic heterocycles. The zero-order valence-electron chi connectivity index (χ0n) is 13.0. The van der Waals surface area contributed by atoms with Crippen molar-refractivity contribution >= 4 is 21.8 Å². The Kier molecular flexibility index (Phi) is 3.76. The van der Waals surface area contributed by atoms with E-state index in [2.05, 4.69) is 42.9 Å². The fourth-order valence-electron chi connectivity index (χ4n) is 3.68. The Morgan fingerprint density at radius 2 is 1.91 bits per heavy atom. The average Bonchev–Trinajstić information content (AvgIpc) is 3.21. The molecule has 2 heterocycles. The maximum atomic E-state index is 13.1. The Labute approximate surface area is 144 Å². The first-order valence-electron chi connectivity index (χ1n) is 8.24. The van der Waals surface area contributed by atoms with Gasteiger partial charge < -0.3 is 9.88 Å².